The summed E-state index contributed by atoms with van der Waals surface area (Å²) in [5.41, 5.74) is 5.22. The van der Waals surface area contributed by atoms with Crippen LogP contribution in [0.3, 0.4) is 0 Å². The van der Waals surface area contributed by atoms with Gasteiger partial charge in [-0.2, -0.15) is 0 Å². The number of carboxylic acid groups (broad SMARTS) is 1. The van der Waals surface area contributed by atoms with Gasteiger partial charge in [0, 0.05) is 11.5 Å². The van der Waals surface area contributed by atoms with Crippen LogP contribution in [0.25, 0.3) is 0 Å². The summed E-state index contributed by atoms with van der Waals surface area (Å²) in [4.78, 5) is 14.7. The Morgan fingerprint density at radius 1 is 1.75 bits per heavy atom. The van der Waals surface area contributed by atoms with Gasteiger partial charge in [-0.3, -0.25) is 9.63 Å². The van der Waals surface area contributed by atoms with Crippen molar-refractivity contribution < 1.29 is 14.7 Å². The average Bonchev–Trinajstić information content (AvgIpc) is 1.98. The molecular formula is C6H11ClN2O3. The van der Waals surface area contributed by atoms with Crippen LogP contribution in [-0.4, -0.2) is 23.2 Å². The molecule has 0 aromatic rings. The Bertz CT molecular complexity index is 186. The summed E-state index contributed by atoms with van der Waals surface area (Å²) >= 11 is 5.42. The summed E-state index contributed by atoms with van der Waals surface area (Å²) in [6.07, 6.45) is -0.724. The fourth-order valence-corrected chi connectivity index (χ4v) is 0.789. The number of hydrogen-bond donors (Lipinski definition) is 3. The van der Waals surface area contributed by atoms with Crippen molar-refractivity contribution in [2.24, 2.45) is 11.6 Å². The third-order valence-corrected chi connectivity index (χ3v) is 1.44. The van der Waals surface area contributed by atoms with Crippen LogP contribution in [-0.2, 0) is 9.63 Å². The first-order chi connectivity index (χ1) is 5.49. The maximum Gasteiger partial charge on any atom is 0.323 e. The SMILES string of the molecule is C=C(Cl)C[C@H](ON)[C@H](N)C(=O)O. The van der Waals surface area contributed by atoms with Gasteiger partial charge in [0.05, 0.1) is 0 Å². The molecule has 0 aliphatic heterocycles. The predicted molar refractivity (Wildman–Crippen MR) is 44.3 cm³/mol. The summed E-state index contributed by atoms with van der Waals surface area (Å²) in [7, 11) is 0. The molecule has 0 amide bonds. The number of carbonyl (C=O) groups is 1. The van der Waals surface area contributed by atoms with Crippen LogP contribution in [0.2, 0.25) is 0 Å². The Morgan fingerprint density at radius 2 is 2.25 bits per heavy atom. The molecular weight excluding hydrogens is 184 g/mol. The van der Waals surface area contributed by atoms with Gasteiger partial charge in [-0.1, -0.05) is 18.2 Å². The Kier molecular flexibility index (Phi) is 4.84. The zero-order valence-electron chi connectivity index (χ0n) is 6.37. The fourth-order valence-electron chi connectivity index (χ4n) is 0.637. The Hall–Kier alpha value is -0.620. The van der Waals surface area contributed by atoms with Crippen LogP contribution >= 0.6 is 11.6 Å². The fraction of sp³-hybridized carbons (Fsp3) is 0.500. The monoisotopic (exact) mass is 194 g/mol. The molecule has 5 N–H and O–H groups in total. The van der Waals surface area contributed by atoms with E-state index >= 15 is 0 Å². The van der Waals surface area contributed by atoms with Gasteiger partial charge in [-0.25, -0.2) is 5.90 Å². The van der Waals surface area contributed by atoms with Crippen molar-refractivity contribution in [3.05, 3.63) is 11.6 Å². The van der Waals surface area contributed by atoms with E-state index in [1.807, 2.05) is 0 Å². The Labute approximate surface area is 74.9 Å². The molecule has 12 heavy (non-hydrogen) atoms. The van der Waals surface area contributed by atoms with E-state index in [-0.39, 0.29) is 11.5 Å². The van der Waals surface area contributed by atoms with Gasteiger partial charge in [0.1, 0.15) is 12.1 Å². The molecule has 0 aliphatic carbocycles. The number of hydrogen-bond acceptors (Lipinski definition) is 4. The van der Waals surface area contributed by atoms with Crippen molar-refractivity contribution in [2.75, 3.05) is 0 Å². The first-order valence-electron chi connectivity index (χ1n) is 3.16. The maximum absolute atomic E-state index is 10.3. The van der Waals surface area contributed by atoms with E-state index < -0.39 is 18.1 Å². The second-order valence-corrected chi connectivity index (χ2v) is 2.79. The van der Waals surface area contributed by atoms with Gasteiger partial charge in [0.25, 0.3) is 0 Å². The quantitative estimate of drug-likeness (QED) is 0.527. The van der Waals surface area contributed by atoms with E-state index in [4.69, 9.17) is 28.3 Å². The molecule has 0 aromatic heterocycles. The lowest BCUT2D eigenvalue weighted by molar-refractivity contribution is -0.142. The second kappa shape index (κ2) is 5.10. The van der Waals surface area contributed by atoms with Crippen molar-refractivity contribution in [3.63, 3.8) is 0 Å². The molecule has 0 spiro atoms. The lowest BCUT2D eigenvalue weighted by Gasteiger charge is -2.17. The highest BCUT2D eigenvalue weighted by Crippen LogP contribution is 2.11. The molecule has 0 bridgehead atoms. The highest BCUT2D eigenvalue weighted by atomic mass is 35.5. The minimum absolute atomic E-state index is 0.117. The van der Waals surface area contributed by atoms with Gasteiger partial charge in [-0.05, 0) is 0 Å². The predicted octanol–water partition coefficient (Wildman–Crippen LogP) is -0.200. The average molecular weight is 195 g/mol. The van der Waals surface area contributed by atoms with Crippen LogP contribution < -0.4 is 11.6 Å². The minimum Gasteiger partial charge on any atom is -0.480 e. The van der Waals surface area contributed by atoms with Gasteiger partial charge in [0.15, 0.2) is 0 Å². The standard InChI is InChI=1S/C6H11ClN2O3/c1-3(7)2-4(12-9)5(8)6(10)11/h4-5H,1-2,8-9H2,(H,10,11)/t4-,5-/m0/s1. The molecule has 0 rings (SSSR count). The third kappa shape index (κ3) is 3.68. The summed E-state index contributed by atoms with van der Waals surface area (Å²) in [5.74, 6) is 3.63. The number of halogens is 1. The minimum atomic E-state index is -1.19. The van der Waals surface area contributed by atoms with Crippen molar-refractivity contribution >= 4 is 17.6 Å². The summed E-state index contributed by atoms with van der Waals surface area (Å²) in [6, 6.07) is -1.19. The van der Waals surface area contributed by atoms with E-state index in [1.54, 1.807) is 0 Å². The van der Waals surface area contributed by atoms with Crippen molar-refractivity contribution in [3.8, 4) is 0 Å². The zero-order chi connectivity index (χ0) is 9.72. The smallest absolute Gasteiger partial charge is 0.323 e. The molecule has 0 saturated carbocycles. The van der Waals surface area contributed by atoms with E-state index in [0.29, 0.717) is 0 Å². The second-order valence-electron chi connectivity index (χ2n) is 2.26. The number of aliphatic carboxylic acids is 1. The van der Waals surface area contributed by atoms with Crippen LogP contribution in [0, 0.1) is 0 Å². The molecule has 2 atom stereocenters. The topological polar surface area (TPSA) is 98.6 Å². The highest BCUT2D eigenvalue weighted by Gasteiger charge is 2.24. The van der Waals surface area contributed by atoms with Crippen LogP contribution in [0.5, 0.6) is 0 Å². The van der Waals surface area contributed by atoms with Crippen molar-refractivity contribution in [2.45, 2.75) is 18.6 Å². The largest absolute Gasteiger partial charge is 0.480 e. The van der Waals surface area contributed by atoms with Gasteiger partial charge in [0.2, 0.25) is 0 Å². The lowest BCUT2D eigenvalue weighted by atomic mass is 10.1. The molecule has 0 saturated heterocycles. The molecule has 0 heterocycles. The van der Waals surface area contributed by atoms with Crippen molar-refractivity contribution in [1.82, 2.24) is 0 Å². The summed E-state index contributed by atoms with van der Waals surface area (Å²) < 4.78 is 0. The Morgan fingerprint density at radius 3 is 2.50 bits per heavy atom. The number of nitrogens with two attached hydrogens (primary N) is 2. The van der Waals surface area contributed by atoms with E-state index in [0.717, 1.165) is 0 Å². The van der Waals surface area contributed by atoms with E-state index in [9.17, 15) is 4.79 Å². The van der Waals surface area contributed by atoms with E-state index in [1.165, 1.54) is 0 Å². The lowest BCUT2D eigenvalue weighted by Crippen LogP contribution is -2.44. The number of carboxylic acids is 1. The molecule has 6 heteroatoms. The number of rotatable bonds is 5. The molecule has 0 fully saturated rings. The van der Waals surface area contributed by atoms with Crippen LogP contribution in [0.1, 0.15) is 6.42 Å². The molecule has 0 radical (unpaired) electrons. The third-order valence-electron chi connectivity index (χ3n) is 1.28. The maximum atomic E-state index is 10.3. The molecule has 0 unspecified atom stereocenters. The molecule has 0 aromatic carbocycles. The zero-order valence-corrected chi connectivity index (χ0v) is 7.12. The first kappa shape index (κ1) is 11.4. The summed E-state index contributed by atoms with van der Waals surface area (Å²) in [6.45, 7) is 3.37. The van der Waals surface area contributed by atoms with Gasteiger partial charge < -0.3 is 10.8 Å². The van der Waals surface area contributed by atoms with E-state index in [2.05, 4.69) is 11.4 Å². The first-order valence-corrected chi connectivity index (χ1v) is 3.54. The van der Waals surface area contributed by atoms with Crippen molar-refractivity contribution in [1.29, 1.82) is 0 Å². The van der Waals surface area contributed by atoms with Crippen LogP contribution in [0.4, 0.5) is 0 Å². The van der Waals surface area contributed by atoms with Crippen LogP contribution in [0.15, 0.2) is 11.6 Å². The molecule has 5 nitrogen and oxygen atoms in total. The Balaban J connectivity index is 4.14. The molecule has 0 aliphatic rings. The summed E-state index contributed by atoms with van der Waals surface area (Å²) in [5, 5.41) is 8.72. The van der Waals surface area contributed by atoms with Gasteiger partial charge >= 0.3 is 5.97 Å². The van der Waals surface area contributed by atoms with Gasteiger partial charge in [-0.15, -0.1) is 0 Å². The highest BCUT2D eigenvalue weighted by molar-refractivity contribution is 6.29. The normalized spacial score (nSPS) is 15.2. The molecule has 70 valence electrons.